The van der Waals surface area contributed by atoms with Crippen molar-refractivity contribution in [3.8, 4) is 0 Å². The average Bonchev–Trinajstić information content (AvgIpc) is 3.08. The Morgan fingerprint density at radius 1 is 1.21 bits per heavy atom. The van der Waals surface area contributed by atoms with E-state index in [1.54, 1.807) is 23.1 Å². The average molecular weight is 386 g/mol. The van der Waals surface area contributed by atoms with E-state index in [-0.39, 0.29) is 24.5 Å². The number of nitrogens with zero attached hydrogens (tertiary/aromatic N) is 1. The number of hydrogen-bond donors (Lipinski definition) is 1. The van der Waals surface area contributed by atoms with Gasteiger partial charge in [-0.25, -0.2) is 4.79 Å². The lowest BCUT2D eigenvalue weighted by molar-refractivity contribution is -0.128. The third-order valence-electron chi connectivity index (χ3n) is 6.10. The number of carbonyl (C=O) groups excluding carboxylic acids is 3. The van der Waals surface area contributed by atoms with Crippen molar-refractivity contribution < 1.29 is 19.1 Å². The molecule has 2 aliphatic rings. The van der Waals surface area contributed by atoms with E-state index in [0.29, 0.717) is 30.4 Å². The van der Waals surface area contributed by atoms with Crippen LogP contribution in [0.2, 0.25) is 0 Å². The standard InChI is InChI=1S/C22H30N2O4/c1-15-6-3-9-19(16(15)2)23-20(25)14-28-22(27)18-8-4-7-17(12-18)13-24-11-5-10-21(24)26/h4,7-8,12,15-16,19H,3,5-6,9-11,13-14H2,1-2H3,(H,23,25). The summed E-state index contributed by atoms with van der Waals surface area (Å²) < 4.78 is 5.21. The fourth-order valence-electron chi connectivity index (χ4n) is 4.14. The molecule has 1 N–H and O–H groups in total. The molecule has 1 aromatic carbocycles. The lowest BCUT2D eigenvalue weighted by Crippen LogP contribution is -2.45. The first kappa shape index (κ1) is 20.4. The fourth-order valence-corrected chi connectivity index (χ4v) is 4.14. The van der Waals surface area contributed by atoms with E-state index in [9.17, 15) is 14.4 Å². The lowest BCUT2D eigenvalue weighted by atomic mass is 9.78. The molecule has 152 valence electrons. The Morgan fingerprint density at radius 2 is 2.04 bits per heavy atom. The third-order valence-corrected chi connectivity index (χ3v) is 6.10. The summed E-state index contributed by atoms with van der Waals surface area (Å²) in [5.74, 6) is 0.397. The number of ether oxygens (including phenoxy) is 1. The predicted octanol–water partition coefficient (Wildman–Crippen LogP) is 2.91. The number of carbonyl (C=O) groups is 3. The molecule has 0 spiro atoms. The van der Waals surface area contributed by atoms with Crippen LogP contribution in [-0.4, -0.2) is 41.9 Å². The van der Waals surface area contributed by atoms with E-state index in [0.717, 1.165) is 31.4 Å². The maximum absolute atomic E-state index is 12.3. The summed E-state index contributed by atoms with van der Waals surface area (Å²) in [6.45, 7) is 5.36. The molecule has 6 heteroatoms. The van der Waals surface area contributed by atoms with Gasteiger partial charge in [-0.05, 0) is 42.4 Å². The number of likely N-dealkylation sites (tertiary alicyclic amines) is 1. The summed E-state index contributed by atoms with van der Waals surface area (Å²) in [7, 11) is 0. The van der Waals surface area contributed by atoms with Crippen molar-refractivity contribution in [3.63, 3.8) is 0 Å². The van der Waals surface area contributed by atoms with Crippen LogP contribution in [0.15, 0.2) is 24.3 Å². The molecule has 1 saturated heterocycles. The zero-order chi connectivity index (χ0) is 20.1. The summed E-state index contributed by atoms with van der Waals surface area (Å²) >= 11 is 0. The molecule has 1 saturated carbocycles. The summed E-state index contributed by atoms with van der Waals surface area (Å²) in [5.41, 5.74) is 1.29. The van der Waals surface area contributed by atoms with Gasteiger partial charge in [0, 0.05) is 25.6 Å². The van der Waals surface area contributed by atoms with Gasteiger partial charge in [-0.15, -0.1) is 0 Å². The zero-order valence-electron chi connectivity index (χ0n) is 16.8. The van der Waals surface area contributed by atoms with Crippen LogP contribution in [-0.2, 0) is 20.9 Å². The second kappa shape index (κ2) is 9.22. The van der Waals surface area contributed by atoms with Gasteiger partial charge < -0.3 is 15.0 Å². The van der Waals surface area contributed by atoms with Gasteiger partial charge in [-0.2, -0.15) is 0 Å². The summed E-state index contributed by atoms with van der Waals surface area (Å²) in [4.78, 5) is 38.1. The quantitative estimate of drug-likeness (QED) is 0.763. The van der Waals surface area contributed by atoms with Crippen LogP contribution in [0, 0.1) is 11.8 Å². The lowest BCUT2D eigenvalue weighted by Gasteiger charge is -2.34. The SMILES string of the molecule is CC1CCCC(NC(=O)COC(=O)c2cccc(CN3CCCC3=O)c2)C1C. The zero-order valence-corrected chi connectivity index (χ0v) is 16.8. The van der Waals surface area contributed by atoms with Crippen LogP contribution in [0.3, 0.4) is 0 Å². The highest BCUT2D eigenvalue weighted by atomic mass is 16.5. The summed E-state index contributed by atoms with van der Waals surface area (Å²) in [5, 5.41) is 3.01. The summed E-state index contributed by atoms with van der Waals surface area (Å²) in [6, 6.07) is 7.21. The Balaban J connectivity index is 1.49. The van der Waals surface area contributed by atoms with Crippen LogP contribution in [0.5, 0.6) is 0 Å². The highest BCUT2D eigenvalue weighted by Crippen LogP contribution is 2.29. The van der Waals surface area contributed by atoms with Crippen LogP contribution >= 0.6 is 0 Å². The number of nitrogens with one attached hydrogen (secondary N) is 1. The van der Waals surface area contributed by atoms with Gasteiger partial charge in [0.25, 0.3) is 5.91 Å². The number of benzene rings is 1. The van der Waals surface area contributed by atoms with Gasteiger partial charge in [0.1, 0.15) is 0 Å². The minimum Gasteiger partial charge on any atom is -0.452 e. The Morgan fingerprint density at radius 3 is 2.79 bits per heavy atom. The molecule has 3 atom stereocenters. The smallest absolute Gasteiger partial charge is 0.338 e. The predicted molar refractivity (Wildman–Crippen MR) is 105 cm³/mol. The highest BCUT2D eigenvalue weighted by Gasteiger charge is 2.28. The molecule has 2 fully saturated rings. The minimum atomic E-state index is -0.519. The molecule has 3 rings (SSSR count). The van der Waals surface area contributed by atoms with Crippen LogP contribution in [0.1, 0.15) is 61.9 Å². The highest BCUT2D eigenvalue weighted by molar-refractivity contribution is 5.91. The third kappa shape index (κ3) is 5.12. The molecule has 1 aromatic rings. The number of hydrogen-bond acceptors (Lipinski definition) is 4. The normalized spacial score (nSPS) is 24.9. The summed E-state index contributed by atoms with van der Waals surface area (Å²) in [6.07, 6.45) is 4.76. The molecule has 28 heavy (non-hydrogen) atoms. The molecule has 6 nitrogen and oxygen atoms in total. The molecule has 1 aliphatic heterocycles. The van der Waals surface area contributed by atoms with Crippen molar-refractivity contribution in [2.45, 2.75) is 58.5 Å². The van der Waals surface area contributed by atoms with E-state index in [1.807, 2.05) is 6.07 Å². The molecule has 2 amide bonds. The Hall–Kier alpha value is -2.37. The molecule has 1 aliphatic carbocycles. The van der Waals surface area contributed by atoms with Gasteiger partial charge in [0.2, 0.25) is 5.91 Å². The van der Waals surface area contributed by atoms with Gasteiger partial charge in [-0.3, -0.25) is 9.59 Å². The van der Waals surface area contributed by atoms with Crippen molar-refractivity contribution in [3.05, 3.63) is 35.4 Å². The first-order valence-corrected chi connectivity index (χ1v) is 10.3. The number of rotatable bonds is 6. The topological polar surface area (TPSA) is 75.7 Å². The van der Waals surface area contributed by atoms with Gasteiger partial charge in [0.05, 0.1) is 5.56 Å². The second-order valence-corrected chi connectivity index (χ2v) is 8.14. The molecule has 0 radical (unpaired) electrons. The van der Waals surface area contributed by atoms with Crippen molar-refractivity contribution in [1.29, 1.82) is 0 Å². The van der Waals surface area contributed by atoms with Crippen molar-refractivity contribution >= 4 is 17.8 Å². The Kier molecular flexibility index (Phi) is 6.70. The molecular formula is C22H30N2O4. The van der Waals surface area contributed by atoms with Crippen molar-refractivity contribution in [2.24, 2.45) is 11.8 Å². The molecule has 0 aromatic heterocycles. The fraction of sp³-hybridized carbons (Fsp3) is 0.591. The van der Waals surface area contributed by atoms with Crippen LogP contribution in [0.4, 0.5) is 0 Å². The van der Waals surface area contributed by atoms with E-state index in [4.69, 9.17) is 4.74 Å². The Bertz CT molecular complexity index is 733. The number of amides is 2. The van der Waals surface area contributed by atoms with E-state index in [1.165, 1.54) is 6.42 Å². The molecule has 0 bridgehead atoms. The maximum atomic E-state index is 12.3. The second-order valence-electron chi connectivity index (χ2n) is 8.14. The van der Waals surface area contributed by atoms with Gasteiger partial charge >= 0.3 is 5.97 Å². The van der Waals surface area contributed by atoms with Crippen molar-refractivity contribution in [1.82, 2.24) is 10.2 Å². The largest absolute Gasteiger partial charge is 0.452 e. The monoisotopic (exact) mass is 386 g/mol. The van der Waals surface area contributed by atoms with Crippen LogP contribution < -0.4 is 5.32 Å². The van der Waals surface area contributed by atoms with Gasteiger partial charge in [0.15, 0.2) is 6.61 Å². The van der Waals surface area contributed by atoms with Gasteiger partial charge in [-0.1, -0.05) is 38.8 Å². The minimum absolute atomic E-state index is 0.149. The van der Waals surface area contributed by atoms with E-state index < -0.39 is 5.97 Å². The van der Waals surface area contributed by atoms with E-state index >= 15 is 0 Å². The first-order valence-electron chi connectivity index (χ1n) is 10.3. The van der Waals surface area contributed by atoms with E-state index in [2.05, 4.69) is 19.2 Å². The maximum Gasteiger partial charge on any atom is 0.338 e. The Labute approximate surface area is 166 Å². The number of esters is 1. The molecule has 1 heterocycles. The first-order chi connectivity index (χ1) is 13.4. The van der Waals surface area contributed by atoms with Crippen LogP contribution in [0.25, 0.3) is 0 Å². The molecular weight excluding hydrogens is 356 g/mol. The van der Waals surface area contributed by atoms with Crippen molar-refractivity contribution in [2.75, 3.05) is 13.2 Å². The molecule has 3 unspecified atom stereocenters.